The van der Waals surface area contributed by atoms with E-state index in [1.54, 1.807) is 55.6 Å². The number of nitrogens with zero attached hydrogens (tertiary/aromatic N) is 2. The molecule has 0 saturated heterocycles. The smallest absolute Gasteiger partial charge is 0.299 e. The summed E-state index contributed by atoms with van der Waals surface area (Å²) in [5.41, 5.74) is 4.59. The molecule has 212 valence electrons. The molecule has 5 rings (SSSR count). The number of hydrogen-bond acceptors (Lipinski definition) is 5. The van der Waals surface area contributed by atoms with Gasteiger partial charge < -0.3 is 15.0 Å². The summed E-state index contributed by atoms with van der Waals surface area (Å²) in [5.74, 6) is -1.68. The number of fused-ring (bicyclic) bond motifs is 1. The second kappa shape index (κ2) is 12.1. The summed E-state index contributed by atoms with van der Waals surface area (Å²) in [7, 11) is 1.56. The fourth-order valence-corrected chi connectivity index (χ4v) is 5.03. The summed E-state index contributed by atoms with van der Waals surface area (Å²) in [6, 6.07) is 27.5. The number of ketones is 1. The Hall–Kier alpha value is -5.24. The number of benzene rings is 4. The van der Waals surface area contributed by atoms with Crippen LogP contribution in [-0.4, -0.2) is 42.1 Å². The average Bonchev–Trinajstić information content (AvgIpc) is 3.24. The molecule has 8 nitrogen and oxygen atoms in total. The van der Waals surface area contributed by atoms with Gasteiger partial charge >= 0.3 is 0 Å². The molecule has 4 aromatic rings. The number of carbonyl (C=O) groups excluding carboxylic acids is 4. The molecule has 0 radical (unpaired) electrons. The first-order valence-electron chi connectivity index (χ1n) is 13.6. The molecule has 1 aliphatic heterocycles. The quantitative estimate of drug-likeness (QED) is 0.282. The number of aryl methyl sites for hydroxylation is 2. The van der Waals surface area contributed by atoms with Gasteiger partial charge in [0, 0.05) is 12.2 Å². The Balaban J connectivity index is 1.55. The lowest BCUT2D eigenvalue weighted by molar-refractivity contribution is -0.139. The van der Waals surface area contributed by atoms with Crippen LogP contribution < -0.4 is 15.0 Å². The molecule has 0 aromatic heterocycles. The average molecular weight is 562 g/mol. The van der Waals surface area contributed by atoms with Gasteiger partial charge in [0.25, 0.3) is 17.6 Å². The number of carbonyl (C=O) groups is 4. The van der Waals surface area contributed by atoms with E-state index in [1.165, 1.54) is 9.80 Å². The van der Waals surface area contributed by atoms with Crippen molar-refractivity contribution in [2.75, 3.05) is 23.9 Å². The van der Waals surface area contributed by atoms with E-state index in [2.05, 4.69) is 5.32 Å². The van der Waals surface area contributed by atoms with Crippen LogP contribution in [-0.2, 0) is 20.9 Å². The molecule has 42 heavy (non-hydrogen) atoms. The highest BCUT2D eigenvalue weighted by Gasteiger charge is 2.39. The van der Waals surface area contributed by atoms with Gasteiger partial charge in [-0.2, -0.15) is 0 Å². The SMILES string of the molecule is COc1ccc(NC(=O)C(c2ccc(C)cc2)N(Cc2ccccc2C)C(=O)CN2C(=O)C(=O)c3ccccc32)cc1. The van der Waals surface area contributed by atoms with Gasteiger partial charge in [-0.3, -0.25) is 24.1 Å². The minimum Gasteiger partial charge on any atom is -0.497 e. The number of para-hydroxylation sites is 1. The lowest BCUT2D eigenvalue weighted by Gasteiger charge is -2.33. The molecule has 8 heteroatoms. The highest BCUT2D eigenvalue weighted by molar-refractivity contribution is 6.52. The zero-order chi connectivity index (χ0) is 29.8. The van der Waals surface area contributed by atoms with Crippen molar-refractivity contribution in [3.63, 3.8) is 0 Å². The van der Waals surface area contributed by atoms with Gasteiger partial charge in [-0.1, -0.05) is 66.2 Å². The summed E-state index contributed by atoms with van der Waals surface area (Å²) < 4.78 is 5.23. The van der Waals surface area contributed by atoms with E-state index in [9.17, 15) is 19.2 Å². The standard InChI is InChI=1S/C34H31N3O5/c1-22-12-14-24(15-13-22)31(33(40)35-26-16-18-27(42-3)19-17-26)37(20-25-9-5-4-8-23(25)2)30(38)21-36-29-11-7-6-10-28(29)32(39)34(36)41/h4-19,31H,20-21H2,1-3H3,(H,35,40). The molecule has 0 spiro atoms. The molecule has 1 aliphatic rings. The normalized spacial score (nSPS) is 13.0. The molecular weight excluding hydrogens is 530 g/mol. The molecule has 1 unspecified atom stereocenters. The van der Waals surface area contributed by atoms with E-state index < -0.39 is 36.1 Å². The van der Waals surface area contributed by atoms with E-state index in [4.69, 9.17) is 4.74 Å². The summed E-state index contributed by atoms with van der Waals surface area (Å²) in [6.07, 6.45) is 0. The summed E-state index contributed by atoms with van der Waals surface area (Å²) in [5, 5.41) is 2.94. The van der Waals surface area contributed by atoms with Crippen molar-refractivity contribution in [3.05, 3.63) is 125 Å². The lowest BCUT2D eigenvalue weighted by atomic mass is 10.0. The van der Waals surface area contributed by atoms with E-state index in [0.29, 0.717) is 22.7 Å². The molecule has 0 aliphatic carbocycles. The van der Waals surface area contributed by atoms with E-state index in [-0.39, 0.29) is 12.1 Å². The molecule has 3 amide bonds. The van der Waals surface area contributed by atoms with Crippen LogP contribution in [0.25, 0.3) is 0 Å². The Morgan fingerprint density at radius 2 is 1.52 bits per heavy atom. The van der Waals surface area contributed by atoms with Crippen molar-refractivity contribution in [2.45, 2.75) is 26.4 Å². The Morgan fingerprint density at radius 3 is 2.21 bits per heavy atom. The molecule has 0 saturated carbocycles. The maximum atomic E-state index is 14.2. The van der Waals surface area contributed by atoms with Crippen LogP contribution in [0.4, 0.5) is 11.4 Å². The number of ether oxygens (including phenoxy) is 1. The van der Waals surface area contributed by atoms with Crippen LogP contribution in [0, 0.1) is 13.8 Å². The van der Waals surface area contributed by atoms with Gasteiger partial charge in [0.1, 0.15) is 18.3 Å². The Labute approximate surface area is 244 Å². The van der Waals surface area contributed by atoms with Crippen molar-refractivity contribution in [1.29, 1.82) is 0 Å². The van der Waals surface area contributed by atoms with Crippen molar-refractivity contribution in [1.82, 2.24) is 4.90 Å². The summed E-state index contributed by atoms with van der Waals surface area (Å²) >= 11 is 0. The number of anilines is 2. The summed E-state index contributed by atoms with van der Waals surface area (Å²) in [6.45, 7) is 3.60. The zero-order valence-corrected chi connectivity index (χ0v) is 23.7. The second-order valence-corrected chi connectivity index (χ2v) is 10.2. The van der Waals surface area contributed by atoms with Crippen molar-refractivity contribution in [2.24, 2.45) is 0 Å². The molecule has 1 heterocycles. The van der Waals surface area contributed by atoms with Crippen molar-refractivity contribution < 1.29 is 23.9 Å². The first kappa shape index (κ1) is 28.3. The van der Waals surface area contributed by atoms with E-state index >= 15 is 0 Å². The van der Waals surface area contributed by atoms with Gasteiger partial charge in [0.05, 0.1) is 18.4 Å². The number of methoxy groups -OCH3 is 1. The third-order valence-electron chi connectivity index (χ3n) is 7.41. The summed E-state index contributed by atoms with van der Waals surface area (Å²) in [4.78, 5) is 56.6. The number of nitrogens with one attached hydrogen (secondary N) is 1. The largest absolute Gasteiger partial charge is 0.497 e. The first-order valence-corrected chi connectivity index (χ1v) is 13.6. The molecule has 4 aromatic carbocycles. The Morgan fingerprint density at radius 1 is 0.857 bits per heavy atom. The fraction of sp³-hybridized carbons (Fsp3) is 0.176. The van der Waals surface area contributed by atoms with Gasteiger partial charge in [-0.05, 0) is 66.9 Å². The molecule has 1 atom stereocenters. The first-order chi connectivity index (χ1) is 20.3. The highest BCUT2D eigenvalue weighted by atomic mass is 16.5. The number of amides is 3. The third kappa shape index (κ3) is 5.78. The Kier molecular flexibility index (Phi) is 8.15. The molecule has 1 N–H and O–H groups in total. The van der Waals surface area contributed by atoms with Crippen molar-refractivity contribution >= 4 is 34.9 Å². The van der Waals surface area contributed by atoms with Crippen LogP contribution in [0.3, 0.4) is 0 Å². The fourth-order valence-electron chi connectivity index (χ4n) is 5.03. The van der Waals surface area contributed by atoms with Crippen molar-refractivity contribution in [3.8, 4) is 5.75 Å². The predicted molar refractivity (Wildman–Crippen MR) is 160 cm³/mol. The lowest BCUT2D eigenvalue weighted by Crippen LogP contribution is -2.46. The van der Waals surface area contributed by atoms with Crippen LogP contribution >= 0.6 is 0 Å². The van der Waals surface area contributed by atoms with Crippen LogP contribution in [0.15, 0.2) is 97.1 Å². The van der Waals surface area contributed by atoms with E-state index in [0.717, 1.165) is 16.7 Å². The number of Topliss-reactive ketones (excluding diaryl/α,β-unsaturated/α-hetero) is 1. The van der Waals surface area contributed by atoms with Crippen LogP contribution in [0.1, 0.15) is 38.7 Å². The monoisotopic (exact) mass is 561 g/mol. The molecular formula is C34H31N3O5. The zero-order valence-electron chi connectivity index (χ0n) is 23.7. The number of hydrogen-bond donors (Lipinski definition) is 1. The van der Waals surface area contributed by atoms with Gasteiger partial charge in [0.15, 0.2) is 0 Å². The van der Waals surface area contributed by atoms with Gasteiger partial charge in [-0.25, -0.2) is 0 Å². The van der Waals surface area contributed by atoms with E-state index in [1.807, 2.05) is 62.4 Å². The van der Waals surface area contributed by atoms with Crippen LogP contribution in [0.5, 0.6) is 5.75 Å². The Bertz CT molecular complexity index is 1650. The second-order valence-electron chi connectivity index (χ2n) is 10.2. The number of rotatable bonds is 9. The maximum Gasteiger partial charge on any atom is 0.299 e. The molecule has 0 fully saturated rings. The predicted octanol–water partition coefficient (Wildman–Crippen LogP) is 5.25. The highest BCUT2D eigenvalue weighted by Crippen LogP contribution is 2.31. The van der Waals surface area contributed by atoms with Crippen LogP contribution in [0.2, 0.25) is 0 Å². The van der Waals surface area contributed by atoms with Gasteiger partial charge in [-0.15, -0.1) is 0 Å². The molecule has 0 bridgehead atoms. The third-order valence-corrected chi connectivity index (χ3v) is 7.41. The maximum absolute atomic E-state index is 14.2. The minimum absolute atomic E-state index is 0.109. The minimum atomic E-state index is -1.04. The van der Waals surface area contributed by atoms with Gasteiger partial charge in [0.2, 0.25) is 5.91 Å². The topological polar surface area (TPSA) is 96.0 Å².